The lowest BCUT2D eigenvalue weighted by Gasteiger charge is -2.39. The van der Waals surface area contributed by atoms with Crippen molar-refractivity contribution in [1.29, 1.82) is 0 Å². The zero-order chi connectivity index (χ0) is 14.2. The van der Waals surface area contributed by atoms with Crippen LogP contribution in [0.25, 0.3) is 0 Å². The topological polar surface area (TPSA) is 33.7 Å². The first-order valence-electron chi connectivity index (χ1n) is 8.21. The second kappa shape index (κ2) is 5.50. The van der Waals surface area contributed by atoms with Crippen molar-refractivity contribution in [2.45, 2.75) is 57.3 Å². The summed E-state index contributed by atoms with van der Waals surface area (Å²) in [5.74, 6) is 1.79. The molecule has 1 aromatic rings. The van der Waals surface area contributed by atoms with Gasteiger partial charge in [0.1, 0.15) is 0 Å². The van der Waals surface area contributed by atoms with Gasteiger partial charge in [0.05, 0.1) is 0 Å². The number of nitrogens with one attached hydrogen (secondary N) is 1. The summed E-state index contributed by atoms with van der Waals surface area (Å²) in [5.41, 5.74) is 1.35. The van der Waals surface area contributed by atoms with E-state index in [1.54, 1.807) is 0 Å². The van der Waals surface area contributed by atoms with Crippen molar-refractivity contribution in [3.8, 4) is 11.5 Å². The third-order valence-corrected chi connectivity index (χ3v) is 5.18. The number of hydrogen-bond donors (Lipinski definition) is 1. The number of nitrogens with zero attached hydrogens (tertiary/aromatic N) is 1. The van der Waals surface area contributed by atoms with Crippen molar-refractivity contribution in [2.24, 2.45) is 0 Å². The molecular formula is C17H24N2O2. The fraction of sp³-hybridized carbons (Fsp3) is 0.647. The van der Waals surface area contributed by atoms with Crippen LogP contribution in [0.5, 0.6) is 11.5 Å². The molecule has 2 fully saturated rings. The molecule has 4 heteroatoms. The average Bonchev–Trinajstić information content (AvgIpc) is 3.02. The Labute approximate surface area is 126 Å². The molecule has 4 nitrogen and oxygen atoms in total. The molecule has 0 saturated carbocycles. The van der Waals surface area contributed by atoms with Crippen LogP contribution < -0.4 is 14.8 Å². The van der Waals surface area contributed by atoms with Crippen LogP contribution in [0.1, 0.15) is 38.2 Å². The Morgan fingerprint density at radius 2 is 1.90 bits per heavy atom. The number of hydrogen-bond acceptors (Lipinski definition) is 4. The van der Waals surface area contributed by atoms with Gasteiger partial charge in [-0.25, -0.2) is 0 Å². The second-order valence-corrected chi connectivity index (χ2v) is 6.47. The van der Waals surface area contributed by atoms with E-state index in [1.807, 2.05) is 6.07 Å². The van der Waals surface area contributed by atoms with E-state index in [9.17, 15) is 0 Å². The van der Waals surface area contributed by atoms with Gasteiger partial charge >= 0.3 is 0 Å². The molecule has 3 aliphatic heterocycles. The molecule has 1 N–H and O–H groups in total. The molecule has 0 amide bonds. The largest absolute Gasteiger partial charge is 0.454 e. The minimum absolute atomic E-state index is 0.359. The standard InChI is InChI=1S/C17H24N2O2/c1-2-18-13-8-14-4-5-15(9-13)19(14)10-12-3-6-16-17(7-12)21-11-20-16/h3,6-7,13-15,18H,2,4-5,8-11H2,1H3. The molecule has 3 aliphatic rings. The van der Waals surface area contributed by atoms with Crippen LogP contribution in [-0.2, 0) is 6.54 Å². The van der Waals surface area contributed by atoms with Crippen LogP contribution in [0.4, 0.5) is 0 Å². The lowest BCUT2D eigenvalue weighted by Crippen LogP contribution is -2.48. The number of rotatable bonds is 4. The van der Waals surface area contributed by atoms with Gasteiger partial charge in [-0.1, -0.05) is 13.0 Å². The molecule has 2 atom stereocenters. The van der Waals surface area contributed by atoms with Crippen LogP contribution in [-0.4, -0.2) is 36.4 Å². The van der Waals surface area contributed by atoms with Gasteiger partial charge in [-0.05, 0) is 49.9 Å². The Kier molecular flexibility index (Phi) is 3.51. The smallest absolute Gasteiger partial charge is 0.231 e. The molecule has 0 aromatic heterocycles. The van der Waals surface area contributed by atoms with Crippen molar-refractivity contribution >= 4 is 0 Å². The van der Waals surface area contributed by atoms with E-state index in [-0.39, 0.29) is 0 Å². The third-order valence-electron chi connectivity index (χ3n) is 5.18. The zero-order valence-electron chi connectivity index (χ0n) is 12.7. The number of fused-ring (bicyclic) bond motifs is 3. The van der Waals surface area contributed by atoms with E-state index in [2.05, 4.69) is 29.3 Å². The van der Waals surface area contributed by atoms with Gasteiger partial charge in [0.15, 0.2) is 11.5 Å². The molecule has 3 heterocycles. The molecule has 21 heavy (non-hydrogen) atoms. The Bertz CT molecular complexity index is 506. The lowest BCUT2D eigenvalue weighted by atomic mass is 9.96. The van der Waals surface area contributed by atoms with Gasteiger partial charge in [-0.15, -0.1) is 0 Å². The first-order chi connectivity index (χ1) is 10.3. The van der Waals surface area contributed by atoms with Gasteiger partial charge < -0.3 is 14.8 Å². The summed E-state index contributed by atoms with van der Waals surface area (Å²) in [4.78, 5) is 2.71. The van der Waals surface area contributed by atoms with Crippen molar-refractivity contribution in [1.82, 2.24) is 10.2 Å². The van der Waals surface area contributed by atoms with Crippen LogP contribution in [0.3, 0.4) is 0 Å². The summed E-state index contributed by atoms with van der Waals surface area (Å²) < 4.78 is 10.9. The zero-order valence-corrected chi connectivity index (χ0v) is 12.7. The molecule has 4 rings (SSSR count). The monoisotopic (exact) mass is 288 g/mol. The highest BCUT2D eigenvalue weighted by atomic mass is 16.7. The van der Waals surface area contributed by atoms with E-state index in [0.717, 1.165) is 42.7 Å². The van der Waals surface area contributed by atoms with E-state index in [4.69, 9.17) is 9.47 Å². The molecule has 0 aliphatic carbocycles. The van der Waals surface area contributed by atoms with Crippen LogP contribution >= 0.6 is 0 Å². The number of ether oxygens (including phenoxy) is 2. The van der Waals surface area contributed by atoms with Crippen molar-refractivity contribution in [3.05, 3.63) is 23.8 Å². The Hall–Kier alpha value is -1.26. The normalized spacial score (nSPS) is 30.8. The molecule has 1 aromatic carbocycles. The Morgan fingerprint density at radius 1 is 1.14 bits per heavy atom. The quantitative estimate of drug-likeness (QED) is 0.923. The molecular weight excluding hydrogens is 264 g/mol. The minimum Gasteiger partial charge on any atom is -0.454 e. The summed E-state index contributed by atoms with van der Waals surface area (Å²) in [6, 6.07) is 8.60. The minimum atomic E-state index is 0.359. The summed E-state index contributed by atoms with van der Waals surface area (Å²) in [5, 5.41) is 3.64. The maximum atomic E-state index is 5.50. The van der Waals surface area contributed by atoms with E-state index >= 15 is 0 Å². The lowest BCUT2D eigenvalue weighted by molar-refractivity contribution is 0.110. The van der Waals surface area contributed by atoms with Gasteiger partial charge in [-0.2, -0.15) is 0 Å². The SMILES string of the molecule is CCNC1CC2CCC(C1)N2Cc1ccc2c(c1)OCO2. The molecule has 2 saturated heterocycles. The first kappa shape index (κ1) is 13.4. The molecule has 114 valence electrons. The van der Waals surface area contributed by atoms with Crippen LogP contribution in [0.15, 0.2) is 18.2 Å². The van der Waals surface area contributed by atoms with E-state index in [1.165, 1.54) is 31.2 Å². The molecule has 0 radical (unpaired) electrons. The maximum absolute atomic E-state index is 5.50. The fourth-order valence-corrected chi connectivity index (χ4v) is 4.24. The first-order valence-corrected chi connectivity index (χ1v) is 8.21. The highest BCUT2D eigenvalue weighted by Gasteiger charge is 2.40. The maximum Gasteiger partial charge on any atom is 0.231 e. The average molecular weight is 288 g/mol. The van der Waals surface area contributed by atoms with Crippen molar-refractivity contribution in [2.75, 3.05) is 13.3 Å². The summed E-state index contributed by atoms with van der Waals surface area (Å²) >= 11 is 0. The predicted octanol–water partition coefficient (Wildman–Crippen LogP) is 2.52. The summed E-state index contributed by atoms with van der Waals surface area (Å²) in [6.07, 6.45) is 5.32. The van der Waals surface area contributed by atoms with Crippen molar-refractivity contribution < 1.29 is 9.47 Å². The van der Waals surface area contributed by atoms with Crippen LogP contribution in [0, 0.1) is 0 Å². The molecule has 2 bridgehead atoms. The number of piperidine rings is 1. The van der Waals surface area contributed by atoms with Gasteiger partial charge in [0, 0.05) is 24.7 Å². The second-order valence-electron chi connectivity index (χ2n) is 6.47. The Balaban J connectivity index is 1.46. The highest BCUT2D eigenvalue weighted by molar-refractivity contribution is 5.44. The fourth-order valence-electron chi connectivity index (χ4n) is 4.24. The third kappa shape index (κ3) is 2.51. The van der Waals surface area contributed by atoms with Gasteiger partial charge in [-0.3, -0.25) is 4.90 Å². The molecule has 2 unspecified atom stereocenters. The summed E-state index contributed by atoms with van der Waals surface area (Å²) in [7, 11) is 0. The number of benzene rings is 1. The highest BCUT2D eigenvalue weighted by Crippen LogP contribution is 2.38. The van der Waals surface area contributed by atoms with Gasteiger partial charge in [0.2, 0.25) is 6.79 Å². The Morgan fingerprint density at radius 3 is 2.67 bits per heavy atom. The predicted molar refractivity (Wildman–Crippen MR) is 81.6 cm³/mol. The van der Waals surface area contributed by atoms with E-state index < -0.39 is 0 Å². The summed E-state index contributed by atoms with van der Waals surface area (Å²) in [6.45, 7) is 4.70. The van der Waals surface area contributed by atoms with Gasteiger partial charge in [0.25, 0.3) is 0 Å². The van der Waals surface area contributed by atoms with Crippen molar-refractivity contribution in [3.63, 3.8) is 0 Å². The van der Waals surface area contributed by atoms with E-state index in [0.29, 0.717) is 6.79 Å². The molecule has 0 spiro atoms. The van der Waals surface area contributed by atoms with Crippen LogP contribution in [0.2, 0.25) is 0 Å².